The normalized spacial score (nSPS) is 11.3. The summed E-state index contributed by atoms with van der Waals surface area (Å²) in [5, 5.41) is 2.44. The Bertz CT molecular complexity index is 726. The van der Waals surface area contributed by atoms with Crippen LogP contribution < -0.4 is 5.73 Å². The number of benzene rings is 2. The molecule has 0 aliphatic rings. The van der Waals surface area contributed by atoms with Gasteiger partial charge in [0.25, 0.3) is 0 Å². The molecule has 0 saturated carbocycles. The van der Waals surface area contributed by atoms with Crippen molar-refractivity contribution in [2.75, 3.05) is 5.73 Å². The molecule has 0 atom stereocenters. The molecule has 0 amide bonds. The first-order valence-electron chi connectivity index (χ1n) is 6.48. The Balaban J connectivity index is 2.14. The Morgan fingerprint density at radius 2 is 1.79 bits per heavy atom. The van der Waals surface area contributed by atoms with Crippen LogP contribution in [0.15, 0.2) is 48.8 Å². The molecule has 3 heteroatoms. The number of hydrogen-bond donors (Lipinski definition) is 1. The van der Waals surface area contributed by atoms with Crippen molar-refractivity contribution >= 4 is 16.6 Å². The van der Waals surface area contributed by atoms with Gasteiger partial charge in [-0.25, -0.2) is 4.98 Å². The van der Waals surface area contributed by atoms with Crippen molar-refractivity contribution < 1.29 is 0 Å². The first kappa shape index (κ1) is 11.8. The van der Waals surface area contributed by atoms with Crippen molar-refractivity contribution in [1.29, 1.82) is 0 Å². The summed E-state index contributed by atoms with van der Waals surface area (Å²) in [7, 11) is 0. The Kier molecular flexibility index (Phi) is 2.75. The van der Waals surface area contributed by atoms with Crippen LogP contribution in [0.4, 0.5) is 5.82 Å². The van der Waals surface area contributed by atoms with Crippen LogP contribution >= 0.6 is 0 Å². The average Bonchev–Trinajstić information content (AvgIpc) is 2.80. The van der Waals surface area contributed by atoms with Crippen molar-refractivity contribution in [3.8, 4) is 11.3 Å². The van der Waals surface area contributed by atoms with Crippen LogP contribution in [-0.2, 0) is 0 Å². The van der Waals surface area contributed by atoms with Gasteiger partial charge < -0.3 is 10.3 Å². The zero-order chi connectivity index (χ0) is 13.4. The second kappa shape index (κ2) is 4.43. The molecule has 0 unspecified atom stereocenters. The van der Waals surface area contributed by atoms with E-state index in [2.05, 4.69) is 49.2 Å². The summed E-state index contributed by atoms with van der Waals surface area (Å²) in [6.07, 6.45) is 1.81. The van der Waals surface area contributed by atoms with E-state index >= 15 is 0 Å². The topological polar surface area (TPSA) is 43.8 Å². The molecule has 3 rings (SSSR count). The van der Waals surface area contributed by atoms with Gasteiger partial charge in [0.15, 0.2) is 0 Å². The number of nitrogens with zero attached hydrogens (tertiary/aromatic N) is 2. The van der Waals surface area contributed by atoms with Gasteiger partial charge in [-0.3, -0.25) is 0 Å². The van der Waals surface area contributed by atoms with Gasteiger partial charge in [-0.2, -0.15) is 0 Å². The molecule has 0 fully saturated rings. The van der Waals surface area contributed by atoms with Crippen molar-refractivity contribution in [3.63, 3.8) is 0 Å². The summed E-state index contributed by atoms with van der Waals surface area (Å²) >= 11 is 0. The van der Waals surface area contributed by atoms with Crippen LogP contribution in [0.25, 0.3) is 22.0 Å². The highest BCUT2D eigenvalue weighted by molar-refractivity contribution is 5.88. The fourth-order valence-corrected chi connectivity index (χ4v) is 2.34. The molecule has 1 heterocycles. The van der Waals surface area contributed by atoms with E-state index in [1.807, 2.05) is 23.0 Å². The lowest BCUT2D eigenvalue weighted by Crippen LogP contribution is -2.04. The minimum absolute atomic E-state index is 0.321. The van der Waals surface area contributed by atoms with Crippen molar-refractivity contribution in [1.82, 2.24) is 9.55 Å². The third-order valence-corrected chi connectivity index (χ3v) is 3.41. The van der Waals surface area contributed by atoms with Crippen molar-refractivity contribution in [2.45, 2.75) is 19.9 Å². The molecule has 2 N–H and O–H groups in total. The van der Waals surface area contributed by atoms with E-state index in [1.165, 1.54) is 10.8 Å². The van der Waals surface area contributed by atoms with Gasteiger partial charge in [0.1, 0.15) is 11.5 Å². The van der Waals surface area contributed by atoms with E-state index in [9.17, 15) is 0 Å². The highest BCUT2D eigenvalue weighted by Gasteiger charge is 2.11. The Morgan fingerprint density at radius 3 is 2.47 bits per heavy atom. The Hall–Kier alpha value is -2.29. The van der Waals surface area contributed by atoms with Crippen molar-refractivity contribution in [3.05, 3.63) is 48.8 Å². The van der Waals surface area contributed by atoms with Gasteiger partial charge in [-0.05, 0) is 30.7 Å². The van der Waals surface area contributed by atoms with Crippen LogP contribution in [0.5, 0.6) is 0 Å². The molecule has 3 nitrogen and oxygen atoms in total. The van der Waals surface area contributed by atoms with E-state index < -0.39 is 0 Å². The molecule has 0 bridgehead atoms. The van der Waals surface area contributed by atoms with E-state index in [0.29, 0.717) is 6.04 Å². The number of aromatic nitrogens is 2. The molecule has 0 saturated heterocycles. The van der Waals surface area contributed by atoms with Gasteiger partial charge >= 0.3 is 0 Å². The summed E-state index contributed by atoms with van der Waals surface area (Å²) < 4.78 is 1.99. The lowest BCUT2D eigenvalue weighted by Gasteiger charge is -2.09. The predicted molar refractivity (Wildman–Crippen MR) is 80.0 cm³/mol. The third-order valence-electron chi connectivity index (χ3n) is 3.41. The first-order chi connectivity index (χ1) is 9.16. The standard InChI is InChI=1S/C16H17N3/c1-11(2)19-10-18-15(16(19)17)14-8-7-12-5-3-4-6-13(12)9-14/h3-11H,17H2,1-2H3. The smallest absolute Gasteiger partial charge is 0.131 e. The summed E-state index contributed by atoms with van der Waals surface area (Å²) in [4.78, 5) is 4.45. The van der Waals surface area contributed by atoms with Crippen LogP contribution in [0.2, 0.25) is 0 Å². The zero-order valence-corrected chi connectivity index (χ0v) is 11.2. The fourth-order valence-electron chi connectivity index (χ4n) is 2.34. The molecule has 2 aromatic carbocycles. The summed E-state index contributed by atoms with van der Waals surface area (Å²) in [6, 6.07) is 14.9. The molecular weight excluding hydrogens is 234 g/mol. The van der Waals surface area contributed by atoms with E-state index in [1.54, 1.807) is 0 Å². The number of imidazole rings is 1. The molecule has 19 heavy (non-hydrogen) atoms. The van der Waals surface area contributed by atoms with Crippen LogP contribution in [0, 0.1) is 0 Å². The zero-order valence-electron chi connectivity index (χ0n) is 11.2. The predicted octanol–water partition coefficient (Wildman–Crippen LogP) is 3.87. The Morgan fingerprint density at radius 1 is 1.05 bits per heavy atom. The van der Waals surface area contributed by atoms with Crippen LogP contribution in [-0.4, -0.2) is 9.55 Å². The Labute approximate surface area is 112 Å². The number of nitrogen functional groups attached to an aromatic ring is 1. The van der Waals surface area contributed by atoms with Crippen molar-refractivity contribution in [2.24, 2.45) is 0 Å². The second-order valence-electron chi connectivity index (χ2n) is 5.04. The van der Waals surface area contributed by atoms with Gasteiger partial charge in [-0.1, -0.05) is 36.4 Å². The average molecular weight is 251 g/mol. The largest absolute Gasteiger partial charge is 0.383 e. The highest BCUT2D eigenvalue weighted by Crippen LogP contribution is 2.28. The summed E-state index contributed by atoms with van der Waals surface area (Å²) in [6.45, 7) is 4.20. The van der Waals surface area contributed by atoms with Gasteiger partial charge in [0.2, 0.25) is 0 Å². The lowest BCUT2D eigenvalue weighted by molar-refractivity contribution is 0.607. The minimum Gasteiger partial charge on any atom is -0.383 e. The molecule has 0 spiro atoms. The second-order valence-corrected chi connectivity index (χ2v) is 5.04. The van der Waals surface area contributed by atoms with Gasteiger partial charge in [-0.15, -0.1) is 0 Å². The monoisotopic (exact) mass is 251 g/mol. The number of nitrogens with two attached hydrogens (primary N) is 1. The molecule has 96 valence electrons. The number of anilines is 1. The van der Waals surface area contributed by atoms with Crippen LogP contribution in [0.3, 0.4) is 0 Å². The minimum atomic E-state index is 0.321. The third kappa shape index (κ3) is 1.97. The van der Waals surface area contributed by atoms with Gasteiger partial charge in [0.05, 0.1) is 6.33 Å². The maximum Gasteiger partial charge on any atom is 0.131 e. The molecular formula is C16H17N3. The number of hydrogen-bond acceptors (Lipinski definition) is 2. The maximum absolute atomic E-state index is 6.18. The number of fused-ring (bicyclic) bond motifs is 1. The SMILES string of the molecule is CC(C)n1cnc(-c2ccc3ccccc3c2)c1N. The molecule has 0 aliphatic carbocycles. The first-order valence-corrected chi connectivity index (χ1v) is 6.48. The van der Waals surface area contributed by atoms with E-state index in [-0.39, 0.29) is 0 Å². The van der Waals surface area contributed by atoms with Gasteiger partial charge in [0, 0.05) is 11.6 Å². The molecule has 0 radical (unpaired) electrons. The van der Waals surface area contributed by atoms with E-state index in [4.69, 9.17) is 5.73 Å². The quantitative estimate of drug-likeness (QED) is 0.751. The maximum atomic E-state index is 6.18. The number of rotatable bonds is 2. The summed E-state index contributed by atoms with van der Waals surface area (Å²) in [5.74, 6) is 0.727. The fraction of sp³-hybridized carbons (Fsp3) is 0.188. The molecule has 0 aliphatic heterocycles. The summed E-state index contributed by atoms with van der Waals surface area (Å²) in [5.41, 5.74) is 8.11. The molecule has 1 aromatic heterocycles. The highest BCUT2D eigenvalue weighted by atomic mass is 15.1. The lowest BCUT2D eigenvalue weighted by atomic mass is 10.1. The van der Waals surface area contributed by atoms with Crippen LogP contribution in [0.1, 0.15) is 19.9 Å². The molecule has 3 aromatic rings. The van der Waals surface area contributed by atoms with E-state index in [0.717, 1.165) is 17.1 Å².